The highest BCUT2D eigenvalue weighted by Gasteiger charge is 2.33. The molecule has 0 N–H and O–H groups in total. The highest BCUT2D eigenvalue weighted by molar-refractivity contribution is 7.07. The van der Waals surface area contributed by atoms with Crippen LogP contribution in [0.4, 0.5) is 0 Å². The number of hydrogen-bond acceptors (Lipinski definition) is 6. The first-order valence-electron chi connectivity index (χ1n) is 12.9. The van der Waals surface area contributed by atoms with Gasteiger partial charge in [-0.05, 0) is 62.6 Å². The Morgan fingerprint density at radius 2 is 1.59 bits per heavy atom. The molecule has 0 amide bonds. The van der Waals surface area contributed by atoms with E-state index in [2.05, 4.69) is 36.2 Å². The average molecular weight is 539 g/mol. The molecule has 0 unspecified atom stereocenters. The zero-order chi connectivity index (χ0) is 27.5. The monoisotopic (exact) mass is 538 g/mol. The van der Waals surface area contributed by atoms with Crippen molar-refractivity contribution in [3.8, 4) is 5.75 Å². The molecule has 0 aliphatic carbocycles. The van der Waals surface area contributed by atoms with E-state index in [1.165, 1.54) is 16.9 Å². The zero-order valence-corrected chi connectivity index (χ0v) is 23.2. The summed E-state index contributed by atoms with van der Waals surface area (Å²) >= 11 is 1.31. The van der Waals surface area contributed by atoms with Gasteiger partial charge in [0.1, 0.15) is 12.4 Å². The van der Waals surface area contributed by atoms with Gasteiger partial charge in [0.25, 0.3) is 5.56 Å². The van der Waals surface area contributed by atoms with Crippen LogP contribution in [0, 0.1) is 13.8 Å². The second-order valence-electron chi connectivity index (χ2n) is 9.56. The number of benzene rings is 3. The molecule has 39 heavy (non-hydrogen) atoms. The molecule has 1 aromatic heterocycles. The molecule has 0 saturated heterocycles. The molecule has 1 atom stereocenters. The van der Waals surface area contributed by atoms with Gasteiger partial charge in [0.05, 0.1) is 28.5 Å². The standard InChI is InChI=1S/C32H30N2O4S/c1-5-37-31(36)28-22(4)33-32-34(29(28)25-14-8-21(3)9-15-25)30(35)27(39-32)18-23-12-16-26(17-13-23)38-19-24-10-6-20(2)7-11-24/h6-18,29H,5,19H2,1-4H3/b27-18+/t29-/m0/s1. The molecule has 2 heterocycles. The number of carbonyl (C=O) groups excluding carboxylic acids is 1. The van der Waals surface area contributed by atoms with Gasteiger partial charge in [-0.2, -0.15) is 0 Å². The van der Waals surface area contributed by atoms with Gasteiger partial charge in [-0.3, -0.25) is 9.36 Å². The minimum atomic E-state index is -0.611. The van der Waals surface area contributed by atoms with Gasteiger partial charge in [0.15, 0.2) is 4.80 Å². The Balaban J connectivity index is 1.48. The first kappa shape index (κ1) is 26.4. The number of hydrogen-bond donors (Lipinski definition) is 0. The summed E-state index contributed by atoms with van der Waals surface area (Å²) < 4.78 is 13.4. The van der Waals surface area contributed by atoms with Crippen LogP contribution in [0.1, 0.15) is 47.7 Å². The SMILES string of the molecule is CCOC(=O)C1=C(C)N=c2s/c(=C/c3ccc(OCc4ccc(C)cc4)cc3)c(=O)n2[C@H]1c1ccc(C)cc1. The van der Waals surface area contributed by atoms with Crippen LogP contribution < -0.4 is 19.6 Å². The molecular formula is C32H30N2O4S. The maximum atomic E-state index is 13.7. The largest absolute Gasteiger partial charge is 0.489 e. The summed E-state index contributed by atoms with van der Waals surface area (Å²) in [7, 11) is 0. The summed E-state index contributed by atoms with van der Waals surface area (Å²) in [6.07, 6.45) is 1.85. The topological polar surface area (TPSA) is 69.9 Å². The van der Waals surface area contributed by atoms with Crippen LogP contribution in [0.15, 0.2) is 93.9 Å². The molecule has 1 aliphatic rings. The predicted octanol–water partition coefficient (Wildman–Crippen LogP) is 4.99. The maximum absolute atomic E-state index is 13.7. The highest BCUT2D eigenvalue weighted by Crippen LogP contribution is 2.30. The van der Waals surface area contributed by atoms with Gasteiger partial charge < -0.3 is 9.47 Å². The minimum absolute atomic E-state index is 0.196. The fourth-order valence-corrected chi connectivity index (χ4v) is 5.56. The minimum Gasteiger partial charge on any atom is -0.489 e. The first-order chi connectivity index (χ1) is 18.8. The summed E-state index contributed by atoms with van der Waals surface area (Å²) in [5.41, 5.74) is 5.86. The molecule has 0 fully saturated rings. The van der Waals surface area contributed by atoms with E-state index < -0.39 is 12.0 Å². The molecule has 5 rings (SSSR count). The lowest BCUT2D eigenvalue weighted by molar-refractivity contribution is -0.139. The van der Waals surface area contributed by atoms with Crippen LogP contribution in [0.2, 0.25) is 0 Å². The van der Waals surface area contributed by atoms with Crippen LogP contribution in [0.3, 0.4) is 0 Å². The van der Waals surface area contributed by atoms with Gasteiger partial charge in [0, 0.05) is 0 Å². The van der Waals surface area contributed by atoms with E-state index in [4.69, 9.17) is 9.47 Å². The van der Waals surface area contributed by atoms with Crippen LogP contribution >= 0.6 is 11.3 Å². The Bertz CT molecular complexity index is 1710. The summed E-state index contributed by atoms with van der Waals surface area (Å²) in [5, 5.41) is 0. The number of rotatable bonds is 7. The van der Waals surface area contributed by atoms with Gasteiger partial charge >= 0.3 is 5.97 Å². The molecule has 0 spiro atoms. The van der Waals surface area contributed by atoms with E-state index in [1.54, 1.807) is 18.4 Å². The van der Waals surface area contributed by atoms with E-state index in [1.807, 2.05) is 61.5 Å². The molecule has 6 nitrogen and oxygen atoms in total. The number of thiazole rings is 1. The quantitative estimate of drug-likeness (QED) is 0.311. The van der Waals surface area contributed by atoms with Crippen molar-refractivity contribution in [2.75, 3.05) is 6.61 Å². The number of esters is 1. The molecule has 0 saturated carbocycles. The van der Waals surface area contributed by atoms with Gasteiger partial charge in [-0.15, -0.1) is 0 Å². The zero-order valence-electron chi connectivity index (χ0n) is 22.4. The number of aryl methyl sites for hydroxylation is 2. The number of aromatic nitrogens is 1. The molecule has 7 heteroatoms. The second kappa shape index (κ2) is 11.3. The molecule has 3 aromatic carbocycles. The van der Waals surface area contributed by atoms with Crippen LogP contribution in [-0.4, -0.2) is 17.1 Å². The van der Waals surface area contributed by atoms with E-state index in [-0.39, 0.29) is 12.2 Å². The normalized spacial score (nSPS) is 15.1. The Kier molecular flexibility index (Phi) is 7.61. The van der Waals surface area contributed by atoms with Crippen molar-refractivity contribution in [3.63, 3.8) is 0 Å². The Morgan fingerprint density at radius 3 is 2.23 bits per heavy atom. The lowest BCUT2D eigenvalue weighted by atomic mass is 9.95. The predicted molar refractivity (Wildman–Crippen MR) is 154 cm³/mol. The van der Waals surface area contributed by atoms with Gasteiger partial charge in [-0.1, -0.05) is 83.1 Å². The summed E-state index contributed by atoms with van der Waals surface area (Å²) in [5.74, 6) is 0.295. The maximum Gasteiger partial charge on any atom is 0.338 e. The number of nitrogens with zero attached hydrogens (tertiary/aromatic N) is 2. The third-order valence-electron chi connectivity index (χ3n) is 6.61. The molecule has 0 radical (unpaired) electrons. The van der Waals surface area contributed by atoms with Gasteiger partial charge in [-0.25, -0.2) is 9.79 Å². The fourth-order valence-electron chi connectivity index (χ4n) is 4.52. The smallest absolute Gasteiger partial charge is 0.338 e. The van der Waals surface area contributed by atoms with Crippen molar-refractivity contribution in [2.45, 2.75) is 40.3 Å². The first-order valence-corrected chi connectivity index (χ1v) is 13.7. The third-order valence-corrected chi connectivity index (χ3v) is 7.60. The van der Waals surface area contributed by atoms with Gasteiger partial charge in [0.2, 0.25) is 0 Å². The van der Waals surface area contributed by atoms with Crippen molar-refractivity contribution in [1.29, 1.82) is 0 Å². The lowest BCUT2D eigenvalue weighted by Crippen LogP contribution is -2.39. The lowest BCUT2D eigenvalue weighted by Gasteiger charge is -2.24. The number of allylic oxidation sites excluding steroid dienone is 1. The van der Waals surface area contributed by atoms with Crippen LogP contribution in [0.5, 0.6) is 5.75 Å². The molecule has 198 valence electrons. The van der Waals surface area contributed by atoms with E-state index in [9.17, 15) is 9.59 Å². The van der Waals surface area contributed by atoms with E-state index in [0.717, 1.165) is 28.0 Å². The van der Waals surface area contributed by atoms with Crippen LogP contribution in [0.25, 0.3) is 6.08 Å². The Morgan fingerprint density at radius 1 is 0.949 bits per heavy atom. The summed E-state index contributed by atoms with van der Waals surface area (Å²) in [4.78, 5) is 31.9. The molecule has 1 aliphatic heterocycles. The third kappa shape index (κ3) is 5.64. The number of carbonyl (C=O) groups is 1. The van der Waals surface area contributed by atoms with Crippen molar-refractivity contribution >= 4 is 23.4 Å². The molecule has 4 aromatic rings. The van der Waals surface area contributed by atoms with Crippen molar-refractivity contribution in [1.82, 2.24) is 4.57 Å². The fraction of sp³-hybridized carbons (Fsp3) is 0.219. The van der Waals surface area contributed by atoms with Crippen molar-refractivity contribution < 1.29 is 14.3 Å². The number of ether oxygens (including phenoxy) is 2. The summed E-state index contributed by atoms with van der Waals surface area (Å²) in [6, 6.07) is 23.1. The Hall–Kier alpha value is -4.23. The summed E-state index contributed by atoms with van der Waals surface area (Å²) in [6.45, 7) is 8.35. The van der Waals surface area contributed by atoms with Crippen LogP contribution in [-0.2, 0) is 16.1 Å². The molecule has 0 bridgehead atoms. The van der Waals surface area contributed by atoms with E-state index in [0.29, 0.717) is 27.2 Å². The van der Waals surface area contributed by atoms with E-state index >= 15 is 0 Å². The van der Waals surface area contributed by atoms with Crippen molar-refractivity contribution in [3.05, 3.63) is 132 Å². The highest BCUT2D eigenvalue weighted by atomic mass is 32.1. The average Bonchev–Trinajstić information content (AvgIpc) is 3.23. The molecular weight excluding hydrogens is 508 g/mol. The van der Waals surface area contributed by atoms with Crippen molar-refractivity contribution in [2.24, 2.45) is 4.99 Å². The Labute approximate surface area is 231 Å². The number of fused-ring (bicyclic) bond motifs is 1. The second-order valence-corrected chi connectivity index (χ2v) is 10.6.